The average molecular weight is 219 g/mol. The molecule has 0 radical (unpaired) electrons. The number of hydrogen-bond donors (Lipinski definition) is 2. The molecule has 0 amide bonds. The highest BCUT2D eigenvalue weighted by Gasteiger charge is 2.13. The van der Waals surface area contributed by atoms with E-state index >= 15 is 0 Å². The van der Waals surface area contributed by atoms with Crippen LogP contribution in [-0.4, -0.2) is 30.3 Å². The van der Waals surface area contributed by atoms with E-state index in [2.05, 4.69) is 10.4 Å². The van der Waals surface area contributed by atoms with Crippen molar-refractivity contribution in [2.24, 2.45) is 0 Å². The summed E-state index contributed by atoms with van der Waals surface area (Å²) >= 11 is 0. The van der Waals surface area contributed by atoms with E-state index in [9.17, 15) is 0 Å². The second-order valence-corrected chi connectivity index (χ2v) is 3.87. The van der Waals surface area contributed by atoms with Crippen molar-refractivity contribution in [1.82, 2.24) is 9.61 Å². The number of aromatic nitrogens is 2. The van der Waals surface area contributed by atoms with Crippen molar-refractivity contribution in [2.45, 2.75) is 6.92 Å². The molecule has 0 aliphatic carbocycles. The number of rotatable bonds is 3. The Hall–Kier alpha value is -1.91. The SMILES string of the molecule is CCNc1nn2cccc(N(C)C)c2c1N. The molecule has 0 saturated heterocycles. The quantitative estimate of drug-likeness (QED) is 0.819. The lowest BCUT2D eigenvalue weighted by atomic mass is 10.3. The number of pyridine rings is 1. The molecule has 2 rings (SSSR count). The average Bonchev–Trinajstić information content (AvgIpc) is 2.57. The van der Waals surface area contributed by atoms with Crippen LogP contribution in [0.2, 0.25) is 0 Å². The van der Waals surface area contributed by atoms with E-state index in [1.807, 2.05) is 48.8 Å². The fraction of sp³-hybridized carbons (Fsp3) is 0.364. The van der Waals surface area contributed by atoms with Crippen molar-refractivity contribution in [3.8, 4) is 0 Å². The van der Waals surface area contributed by atoms with Crippen LogP contribution in [0.4, 0.5) is 17.2 Å². The van der Waals surface area contributed by atoms with E-state index in [-0.39, 0.29) is 0 Å². The summed E-state index contributed by atoms with van der Waals surface area (Å²) in [4.78, 5) is 2.03. The Morgan fingerprint density at radius 2 is 2.25 bits per heavy atom. The van der Waals surface area contributed by atoms with Gasteiger partial charge in [-0.25, -0.2) is 4.52 Å². The summed E-state index contributed by atoms with van der Waals surface area (Å²) in [6, 6.07) is 3.99. The van der Waals surface area contributed by atoms with Crippen LogP contribution in [0.5, 0.6) is 0 Å². The number of nitrogens with two attached hydrogens (primary N) is 1. The highest BCUT2D eigenvalue weighted by Crippen LogP contribution is 2.30. The molecule has 2 aromatic heterocycles. The lowest BCUT2D eigenvalue weighted by molar-refractivity contribution is 0.949. The van der Waals surface area contributed by atoms with Gasteiger partial charge < -0.3 is 16.0 Å². The second kappa shape index (κ2) is 3.92. The molecule has 2 heterocycles. The predicted molar refractivity (Wildman–Crippen MR) is 68.1 cm³/mol. The number of fused-ring (bicyclic) bond motifs is 1. The van der Waals surface area contributed by atoms with Crippen LogP contribution >= 0.6 is 0 Å². The van der Waals surface area contributed by atoms with Crippen LogP contribution < -0.4 is 16.0 Å². The van der Waals surface area contributed by atoms with E-state index in [1.165, 1.54) is 0 Å². The summed E-state index contributed by atoms with van der Waals surface area (Å²) in [7, 11) is 3.99. The largest absolute Gasteiger partial charge is 0.394 e. The van der Waals surface area contributed by atoms with Crippen LogP contribution in [0.25, 0.3) is 5.52 Å². The summed E-state index contributed by atoms with van der Waals surface area (Å²) in [6.45, 7) is 2.84. The van der Waals surface area contributed by atoms with Gasteiger partial charge in [0.05, 0.1) is 5.69 Å². The third-order valence-electron chi connectivity index (χ3n) is 2.50. The molecule has 86 valence electrons. The Morgan fingerprint density at radius 1 is 1.50 bits per heavy atom. The summed E-state index contributed by atoms with van der Waals surface area (Å²) in [5.74, 6) is 0.747. The van der Waals surface area contributed by atoms with Gasteiger partial charge in [0.25, 0.3) is 0 Å². The Balaban J connectivity index is 2.67. The van der Waals surface area contributed by atoms with Crippen LogP contribution in [0.3, 0.4) is 0 Å². The van der Waals surface area contributed by atoms with Crippen molar-refractivity contribution < 1.29 is 0 Å². The maximum absolute atomic E-state index is 6.09. The molecule has 0 unspecified atom stereocenters. The molecule has 3 N–H and O–H groups in total. The maximum Gasteiger partial charge on any atom is 0.172 e. The summed E-state index contributed by atoms with van der Waals surface area (Å²) in [6.07, 6.45) is 1.90. The Labute approximate surface area is 94.8 Å². The molecular weight excluding hydrogens is 202 g/mol. The fourth-order valence-corrected chi connectivity index (χ4v) is 1.76. The zero-order valence-electron chi connectivity index (χ0n) is 9.86. The van der Waals surface area contributed by atoms with Gasteiger partial charge in [0.2, 0.25) is 0 Å². The lowest BCUT2D eigenvalue weighted by Crippen LogP contribution is -2.10. The smallest absolute Gasteiger partial charge is 0.172 e. The van der Waals surface area contributed by atoms with Crippen molar-refractivity contribution >= 4 is 22.7 Å². The predicted octanol–water partition coefficient (Wildman–Crippen LogP) is 1.41. The molecule has 0 spiro atoms. The molecule has 0 bridgehead atoms. The number of nitrogens with one attached hydrogen (secondary N) is 1. The number of nitrogen functional groups attached to an aromatic ring is 1. The second-order valence-electron chi connectivity index (χ2n) is 3.87. The summed E-state index contributed by atoms with van der Waals surface area (Å²) < 4.78 is 1.81. The van der Waals surface area contributed by atoms with Gasteiger partial charge >= 0.3 is 0 Å². The van der Waals surface area contributed by atoms with Crippen LogP contribution in [0, 0.1) is 0 Å². The van der Waals surface area contributed by atoms with Gasteiger partial charge in [0.1, 0.15) is 11.2 Å². The highest BCUT2D eigenvalue weighted by molar-refractivity contribution is 5.90. The highest BCUT2D eigenvalue weighted by atomic mass is 15.3. The van der Waals surface area contributed by atoms with E-state index in [1.54, 1.807) is 0 Å². The van der Waals surface area contributed by atoms with Crippen LogP contribution in [0.1, 0.15) is 6.92 Å². The van der Waals surface area contributed by atoms with Crippen LogP contribution in [0.15, 0.2) is 18.3 Å². The minimum atomic E-state index is 0.700. The minimum Gasteiger partial charge on any atom is -0.394 e. The summed E-state index contributed by atoms with van der Waals surface area (Å²) in [5.41, 5.74) is 8.81. The monoisotopic (exact) mass is 219 g/mol. The van der Waals surface area contributed by atoms with Gasteiger partial charge in [-0.15, -0.1) is 5.10 Å². The minimum absolute atomic E-state index is 0.700. The Kier molecular flexibility index (Phi) is 2.60. The van der Waals surface area contributed by atoms with Gasteiger partial charge in [-0.2, -0.15) is 0 Å². The zero-order chi connectivity index (χ0) is 11.7. The van der Waals surface area contributed by atoms with Gasteiger partial charge in [0, 0.05) is 26.8 Å². The van der Waals surface area contributed by atoms with E-state index in [4.69, 9.17) is 5.73 Å². The van der Waals surface area contributed by atoms with Crippen molar-refractivity contribution in [3.63, 3.8) is 0 Å². The van der Waals surface area contributed by atoms with E-state index in [0.29, 0.717) is 5.69 Å². The first-order valence-corrected chi connectivity index (χ1v) is 5.33. The molecule has 0 saturated carbocycles. The molecule has 5 heteroatoms. The lowest BCUT2D eigenvalue weighted by Gasteiger charge is -2.13. The normalized spacial score (nSPS) is 10.7. The molecule has 0 aromatic carbocycles. The fourth-order valence-electron chi connectivity index (χ4n) is 1.76. The van der Waals surface area contributed by atoms with Gasteiger partial charge in [-0.1, -0.05) is 0 Å². The third kappa shape index (κ3) is 1.54. The van der Waals surface area contributed by atoms with Gasteiger partial charge in [-0.3, -0.25) is 0 Å². The van der Waals surface area contributed by atoms with Crippen molar-refractivity contribution in [2.75, 3.05) is 36.6 Å². The molecule has 16 heavy (non-hydrogen) atoms. The van der Waals surface area contributed by atoms with Crippen molar-refractivity contribution in [1.29, 1.82) is 0 Å². The topological polar surface area (TPSA) is 58.6 Å². The Bertz CT molecular complexity index is 500. The molecule has 0 atom stereocenters. The van der Waals surface area contributed by atoms with Gasteiger partial charge in [0.15, 0.2) is 5.82 Å². The zero-order valence-corrected chi connectivity index (χ0v) is 9.86. The molecule has 0 fully saturated rings. The number of hydrogen-bond acceptors (Lipinski definition) is 4. The number of nitrogens with zero attached hydrogens (tertiary/aromatic N) is 3. The number of anilines is 3. The summed E-state index contributed by atoms with van der Waals surface area (Å²) in [5, 5.41) is 7.55. The molecule has 0 aliphatic rings. The maximum atomic E-state index is 6.09. The Morgan fingerprint density at radius 3 is 2.88 bits per heavy atom. The van der Waals surface area contributed by atoms with Crippen LogP contribution in [-0.2, 0) is 0 Å². The first-order valence-electron chi connectivity index (χ1n) is 5.33. The molecular formula is C11H17N5. The first-order chi connectivity index (χ1) is 7.65. The third-order valence-corrected chi connectivity index (χ3v) is 2.50. The molecule has 0 aliphatic heterocycles. The van der Waals surface area contributed by atoms with E-state index < -0.39 is 0 Å². The molecule has 2 aromatic rings. The van der Waals surface area contributed by atoms with Crippen molar-refractivity contribution in [3.05, 3.63) is 18.3 Å². The standard InChI is InChI=1S/C11H17N5/c1-4-13-11-9(12)10-8(15(2)3)6-5-7-16(10)14-11/h5-7H,4,12H2,1-3H3,(H,13,14). The first kappa shape index (κ1) is 10.6. The molecule has 5 nitrogen and oxygen atoms in total. The van der Waals surface area contributed by atoms with E-state index in [0.717, 1.165) is 23.6 Å². The van der Waals surface area contributed by atoms with Gasteiger partial charge in [-0.05, 0) is 19.1 Å².